The van der Waals surface area contributed by atoms with Crippen molar-refractivity contribution in [3.63, 3.8) is 0 Å². The van der Waals surface area contributed by atoms with Crippen LogP contribution >= 0.6 is 0 Å². The lowest BCUT2D eigenvalue weighted by atomic mass is 10.1. The van der Waals surface area contributed by atoms with Crippen LogP contribution in [-0.4, -0.2) is 28.5 Å². The number of primary sulfonamides is 1. The van der Waals surface area contributed by atoms with Gasteiger partial charge in [0.15, 0.2) is 11.5 Å². The first-order valence-corrected chi connectivity index (χ1v) is 9.02. The number of rotatable bonds is 7. The van der Waals surface area contributed by atoms with Crippen molar-refractivity contribution in [2.24, 2.45) is 5.14 Å². The van der Waals surface area contributed by atoms with Gasteiger partial charge in [-0.25, -0.2) is 13.6 Å². The number of nitrogens with one attached hydrogen (secondary N) is 1. The highest BCUT2D eigenvalue weighted by atomic mass is 32.2. The fourth-order valence-electron chi connectivity index (χ4n) is 2.35. The maximum Gasteiger partial charge on any atom is 0.238 e. The SMILES string of the molecule is COc1cccc(CCC(=O)Nc2ccc(S(N)(=O)=O)cc2)c1OC. The van der Waals surface area contributed by atoms with Crippen molar-refractivity contribution >= 4 is 21.6 Å². The maximum atomic E-state index is 12.1. The first-order valence-electron chi connectivity index (χ1n) is 7.47. The van der Waals surface area contributed by atoms with Gasteiger partial charge in [-0.1, -0.05) is 12.1 Å². The third-order valence-electron chi connectivity index (χ3n) is 3.57. The number of benzene rings is 2. The van der Waals surface area contributed by atoms with Gasteiger partial charge in [0.05, 0.1) is 19.1 Å². The summed E-state index contributed by atoms with van der Waals surface area (Å²) in [6.45, 7) is 0. The summed E-state index contributed by atoms with van der Waals surface area (Å²) in [6.07, 6.45) is 0.710. The first-order chi connectivity index (χ1) is 11.8. The van der Waals surface area contributed by atoms with Gasteiger partial charge in [-0.15, -0.1) is 0 Å². The van der Waals surface area contributed by atoms with Gasteiger partial charge < -0.3 is 14.8 Å². The van der Waals surface area contributed by atoms with Gasteiger partial charge in [-0.2, -0.15) is 0 Å². The molecule has 0 aliphatic carbocycles. The molecule has 3 N–H and O–H groups in total. The van der Waals surface area contributed by atoms with Crippen molar-refractivity contribution < 1.29 is 22.7 Å². The molecule has 2 rings (SSSR count). The molecule has 2 aromatic carbocycles. The van der Waals surface area contributed by atoms with Crippen LogP contribution in [0.3, 0.4) is 0 Å². The molecule has 0 aliphatic heterocycles. The van der Waals surface area contributed by atoms with Crippen LogP contribution in [0.1, 0.15) is 12.0 Å². The minimum Gasteiger partial charge on any atom is -0.493 e. The fraction of sp³-hybridized carbons (Fsp3) is 0.235. The van der Waals surface area contributed by atoms with Crippen molar-refractivity contribution in [2.75, 3.05) is 19.5 Å². The van der Waals surface area contributed by atoms with E-state index in [0.717, 1.165) is 5.56 Å². The van der Waals surface area contributed by atoms with E-state index in [2.05, 4.69) is 5.32 Å². The average Bonchev–Trinajstić information content (AvgIpc) is 2.59. The van der Waals surface area contributed by atoms with Gasteiger partial charge in [0.25, 0.3) is 0 Å². The Kier molecular flexibility index (Phi) is 6.00. The van der Waals surface area contributed by atoms with Crippen molar-refractivity contribution in [3.05, 3.63) is 48.0 Å². The van der Waals surface area contributed by atoms with Crippen molar-refractivity contribution in [3.8, 4) is 11.5 Å². The average molecular weight is 364 g/mol. The van der Waals surface area contributed by atoms with Gasteiger partial charge >= 0.3 is 0 Å². The van der Waals surface area contributed by atoms with E-state index in [4.69, 9.17) is 14.6 Å². The lowest BCUT2D eigenvalue weighted by Crippen LogP contribution is -2.14. The molecule has 0 atom stereocenters. The summed E-state index contributed by atoms with van der Waals surface area (Å²) in [5.74, 6) is 1.02. The Hall–Kier alpha value is -2.58. The van der Waals surface area contributed by atoms with Gasteiger partial charge in [-0.3, -0.25) is 4.79 Å². The molecule has 25 heavy (non-hydrogen) atoms. The molecule has 134 valence electrons. The summed E-state index contributed by atoms with van der Waals surface area (Å²) in [4.78, 5) is 12.1. The Morgan fingerprint density at radius 1 is 1.08 bits per heavy atom. The Labute approximate surface area is 146 Å². The third kappa shape index (κ3) is 4.94. The quantitative estimate of drug-likeness (QED) is 0.780. The molecule has 0 radical (unpaired) electrons. The predicted octanol–water partition coefficient (Wildman–Crippen LogP) is 1.92. The molecular formula is C17H20N2O5S. The van der Waals surface area contributed by atoms with Crippen LogP contribution in [-0.2, 0) is 21.2 Å². The first kappa shape index (κ1) is 18.8. The summed E-state index contributed by atoms with van der Waals surface area (Å²) < 4.78 is 33.0. The van der Waals surface area contributed by atoms with Crippen LogP contribution in [0.4, 0.5) is 5.69 Å². The highest BCUT2D eigenvalue weighted by Crippen LogP contribution is 2.31. The normalized spacial score (nSPS) is 11.0. The van der Waals surface area contributed by atoms with Crippen molar-refractivity contribution in [1.29, 1.82) is 0 Å². The van der Waals surface area contributed by atoms with E-state index in [0.29, 0.717) is 23.6 Å². The number of hydrogen-bond acceptors (Lipinski definition) is 5. The summed E-state index contributed by atoms with van der Waals surface area (Å²) in [5, 5.41) is 7.74. The second-order valence-electron chi connectivity index (χ2n) is 5.27. The second-order valence-corrected chi connectivity index (χ2v) is 6.83. The van der Waals surface area contributed by atoms with Crippen LogP contribution in [0.2, 0.25) is 0 Å². The minimum atomic E-state index is -3.75. The van der Waals surface area contributed by atoms with E-state index in [1.165, 1.54) is 24.3 Å². The van der Waals surface area contributed by atoms with Gasteiger partial charge in [0.2, 0.25) is 15.9 Å². The Bertz CT molecular complexity index is 848. The molecule has 0 saturated heterocycles. The molecule has 1 amide bonds. The molecule has 0 bridgehead atoms. The molecule has 0 heterocycles. The van der Waals surface area contributed by atoms with Crippen LogP contribution in [0.15, 0.2) is 47.4 Å². The summed E-state index contributed by atoms with van der Waals surface area (Å²) >= 11 is 0. The minimum absolute atomic E-state index is 0.00776. The van der Waals surface area contributed by atoms with Crippen LogP contribution in [0.5, 0.6) is 11.5 Å². The smallest absolute Gasteiger partial charge is 0.238 e. The molecule has 0 unspecified atom stereocenters. The predicted molar refractivity (Wildman–Crippen MR) is 94.3 cm³/mol. The van der Waals surface area contributed by atoms with Crippen molar-refractivity contribution in [2.45, 2.75) is 17.7 Å². The zero-order chi connectivity index (χ0) is 18.4. The number of aryl methyl sites for hydroxylation is 1. The topological polar surface area (TPSA) is 108 Å². The highest BCUT2D eigenvalue weighted by Gasteiger charge is 2.12. The number of amides is 1. The molecule has 0 aromatic heterocycles. The van der Waals surface area contributed by atoms with E-state index in [-0.39, 0.29) is 17.2 Å². The Morgan fingerprint density at radius 3 is 2.32 bits per heavy atom. The Morgan fingerprint density at radius 2 is 1.76 bits per heavy atom. The van der Waals surface area contributed by atoms with Crippen molar-refractivity contribution in [1.82, 2.24) is 0 Å². The number of ether oxygens (including phenoxy) is 2. The standard InChI is InChI=1S/C17H20N2O5S/c1-23-15-5-3-4-12(17(15)24-2)6-11-16(20)19-13-7-9-14(10-8-13)25(18,21)22/h3-5,7-10H,6,11H2,1-2H3,(H,19,20)(H2,18,21,22). The number of sulfonamides is 1. The molecular weight excluding hydrogens is 344 g/mol. The molecule has 0 saturated carbocycles. The van der Waals surface area contributed by atoms with Crippen LogP contribution in [0.25, 0.3) is 0 Å². The third-order valence-corrected chi connectivity index (χ3v) is 4.50. The molecule has 0 fully saturated rings. The number of carbonyl (C=O) groups is 1. The fourth-order valence-corrected chi connectivity index (χ4v) is 2.87. The molecule has 8 heteroatoms. The molecule has 2 aromatic rings. The summed E-state index contributed by atoms with van der Waals surface area (Å²) in [7, 11) is -0.642. The number of carbonyl (C=O) groups excluding carboxylic acids is 1. The molecule has 7 nitrogen and oxygen atoms in total. The number of hydrogen-bond donors (Lipinski definition) is 2. The molecule has 0 aliphatic rings. The Balaban J connectivity index is 2.00. The lowest BCUT2D eigenvalue weighted by molar-refractivity contribution is -0.116. The van der Waals surface area contributed by atoms with Gasteiger partial charge in [0, 0.05) is 12.1 Å². The summed E-state index contributed by atoms with van der Waals surface area (Å²) in [6, 6.07) is 11.2. The van der Waals surface area contributed by atoms with E-state index < -0.39 is 10.0 Å². The van der Waals surface area contributed by atoms with Crippen LogP contribution in [0, 0.1) is 0 Å². The van der Waals surface area contributed by atoms with E-state index >= 15 is 0 Å². The highest BCUT2D eigenvalue weighted by molar-refractivity contribution is 7.89. The second kappa shape index (κ2) is 8.00. The number of nitrogens with two attached hydrogens (primary N) is 1. The van der Waals surface area contributed by atoms with E-state index in [1.807, 2.05) is 12.1 Å². The number of methoxy groups -OCH3 is 2. The van der Waals surface area contributed by atoms with E-state index in [9.17, 15) is 13.2 Å². The monoisotopic (exact) mass is 364 g/mol. The number of anilines is 1. The van der Waals surface area contributed by atoms with Gasteiger partial charge in [-0.05, 0) is 42.3 Å². The maximum absolute atomic E-state index is 12.1. The van der Waals surface area contributed by atoms with Gasteiger partial charge in [0.1, 0.15) is 0 Å². The number of para-hydroxylation sites is 1. The zero-order valence-corrected chi connectivity index (χ0v) is 14.8. The summed E-state index contributed by atoms with van der Waals surface area (Å²) in [5.41, 5.74) is 1.36. The molecule has 0 spiro atoms. The van der Waals surface area contributed by atoms with E-state index in [1.54, 1.807) is 20.3 Å². The van der Waals surface area contributed by atoms with Crippen LogP contribution < -0.4 is 19.9 Å². The lowest BCUT2D eigenvalue weighted by Gasteiger charge is -2.12. The zero-order valence-electron chi connectivity index (χ0n) is 14.0. The largest absolute Gasteiger partial charge is 0.493 e.